The van der Waals surface area contributed by atoms with Crippen LogP contribution in [0.1, 0.15) is 37.4 Å². The van der Waals surface area contributed by atoms with Crippen LogP contribution in [0.2, 0.25) is 0 Å². The number of rotatable bonds is 9. The van der Waals surface area contributed by atoms with Crippen molar-refractivity contribution in [1.82, 2.24) is 0 Å². The van der Waals surface area contributed by atoms with Gasteiger partial charge in [-0.1, -0.05) is 36.7 Å². The minimum Gasteiger partial charge on any atom is -0.461 e. The van der Waals surface area contributed by atoms with E-state index in [1.807, 2.05) is 0 Å². The van der Waals surface area contributed by atoms with Gasteiger partial charge >= 0.3 is 11.9 Å². The summed E-state index contributed by atoms with van der Waals surface area (Å²) in [4.78, 5) is 24.4. The largest absolute Gasteiger partial charge is 0.461 e. The Labute approximate surface area is 179 Å². The van der Waals surface area contributed by atoms with Gasteiger partial charge in [0.05, 0.1) is 34.7 Å². The Bertz CT molecular complexity index is 996. The molecule has 7 nitrogen and oxygen atoms in total. The molecule has 150 valence electrons. The predicted octanol–water partition coefficient (Wildman–Crippen LogP) is 0.956. The molecule has 0 aliphatic heterocycles. The maximum atomic E-state index is 12.5. The van der Waals surface area contributed by atoms with Gasteiger partial charge < -0.3 is 9.47 Å². The molecule has 2 rings (SSSR count). The zero-order chi connectivity index (χ0) is 22.3. The van der Waals surface area contributed by atoms with Crippen LogP contribution in [0.4, 0.5) is 0 Å². The van der Waals surface area contributed by atoms with E-state index in [0.717, 1.165) is 5.56 Å². The standard InChI is InChI=1S/C19H17B3O7S/c20-9-12-7-15(10-21)17(16(8-12)11-22)29-19(24)14-3-1-13(2-4-14)18(23)28-5-6-30(25,26)27/h1-4,7-8H,5-6,9-11H2,(H,25,26,27). The normalized spacial score (nSPS) is 11.1. The summed E-state index contributed by atoms with van der Waals surface area (Å²) in [5.41, 5.74) is 2.25. The molecule has 0 unspecified atom stereocenters. The average Bonchev–Trinajstić information content (AvgIpc) is 2.72. The van der Waals surface area contributed by atoms with Crippen molar-refractivity contribution in [2.75, 3.05) is 12.4 Å². The molecule has 0 heterocycles. The molecule has 0 aliphatic rings. The molecule has 6 radical (unpaired) electrons. The molecule has 0 atom stereocenters. The van der Waals surface area contributed by atoms with E-state index in [4.69, 9.17) is 37.6 Å². The Balaban J connectivity index is 2.13. The highest BCUT2D eigenvalue weighted by Crippen LogP contribution is 2.27. The SMILES string of the molecule is [B]Cc1cc(C[B])c(OC(=O)c2ccc(C(=O)OCCS(=O)(=O)O)cc2)c(C[B])c1. The minimum absolute atomic E-state index is 0.0967. The highest BCUT2D eigenvalue weighted by molar-refractivity contribution is 7.85. The Morgan fingerprint density at radius 2 is 1.37 bits per heavy atom. The monoisotopic (exact) mass is 422 g/mol. The van der Waals surface area contributed by atoms with Crippen LogP contribution in [-0.4, -0.2) is 60.8 Å². The number of esters is 2. The van der Waals surface area contributed by atoms with E-state index in [2.05, 4.69) is 0 Å². The van der Waals surface area contributed by atoms with Gasteiger partial charge in [-0.25, -0.2) is 9.59 Å². The fraction of sp³-hybridized carbons (Fsp3) is 0.263. The Kier molecular flexibility index (Phi) is 8.31. The van der Waals surface area contributed by atoms with Crippen molar-refractivity contribution >= 4 is 45.6 Å². The molecule has 0 spiro atoms. The van der Waals surface area contributed by atoms with Crippen LogP contribution in [-0.2, 0) is 33.8 Å². The van der Waals surface area contributed by atoms with Gasteiger partial charge in [0.15, 0.2) is 0 Å². The lowest BCUT2D eigenvalue weighted by atomic mass is 9.85. The molecule has 0 bridgehead atoms. The Hall–Kier alpha value is -2.52. The molecule has 0 saturated heterocycles. The molecular weight excluding hydrogens is 405 g/mol. The second-order valence-corrected chi connectivity index (χ2v) is 7.82. The third-order valence-electron chi connectivity index (χ3n) is 4.10. The quantitative estimate of drug-likeness (QED) is 0.278. The van der Waals surface area contributed by atoms with Crippen LogP contribution in [0.25, 0.3) is 0 Å². The van der Waals surface area contributed by atoms with E-state index >= 15 is 0 Å². The third-order valence-corrected chi connectivity index (χ3v) is 4.79. The van der Waals surface area contributed by atoms with Gasteiger partial charge in [0.25, 0.3) is 10.1 Å². The molecule has 0 fully saturated rings. The van der Waals surface area contributed by atoms with Crippen molar-refractivity contribution in [1.29, 1.82) is 0 Å². The highest BCUT2D eigenvalue weighted by Gasteiger charge is 2.17. The zero-order valence-corrected chi connectivity index (χ0v) is 16.9. The minimum atomic E-state index is -4.23. The van der Waals surface area contributed by atoms with Crippen molar-refractivity contribution in [2.24, 2.45) is 0 Å². The van der Waals surface area contributed by atoms with Crippen LogP contribution in [0.15, 0.2) is 36.4 Å². The van der Waals surface area contributed by atoms with Gasteiger partial charge in [-0.2, -0.15) is 8.42 Å². The molecular formula is C19H17B3O7S. The summed E-state index contributed by atoms with van der Waals surface area (Å²) in [5.74, 6) is -1.91. The molecule has 30 heavy (non-hydrogen) atoms. The van der Waals surface area contributed by atoms with Gasteiger partial charge in [0, 0.05) is 0 Å². The van der Waals surface area contributed by atoms with Gasteiger partial charge in [-0.05, 0) is 35.4 Å². The second-order valence-electron chi connectivity index (χ2n) is 6.24. The van der Waals surface area contributed by atoms with E-state index in [0.29, 0.717) is 11.1 Å². The van der Waals surface area contributed by atoms with Crippen molar-refractivity contribution in [3.05, 3.63) is 64.2 Å². The summed E-state index contributed by atoms with van der Waals surface area (Å²) < 4.78 is 40.2. The predicted molar refractivity (Wildman–Crippen MR) is 113 cm³/mol. The zero-order valence-electron chi connectivity index (χ0n) is 16.0. The second kappa shape index (κ2) is 10.5. The molecule has 0 aromatic heterocycles. The summed E-state index contributed by atoms with van der Waals surface area (Å²) >= 11 is 0. The number of carbonyl (C=O) groups is 2. The van der Waals surface area contributed by atoms with E-state index in [1.54, 1.807) is 12.1 Å². The van der Waals surface area contributed by atoms with Crippen LogP contribution < -0.4 is 4.74 Å². The van der Waals surface area contributed by atoms with E-state index in [1.165, 1.54) is 24.3 Å². The number of ether oxygens (including phenoxy) is 2. The molecule has 0 aliphatic carbocycles. The smallest absolute Gasteiger partial charge is 0.343 e. The lowest BCUT2D eigenvalue weighted by molar-refractivity contribution is 0.0527. The summed E-state index contributed by atoms with van der Waals surface area (Å²) in [5, 5.41) is 0. The highest BCUT2D eigenvalue weighted by atomic mass is 32.2. The van der Waals surface area contributed by atoms with E-state index in [-0.39, 0.29) is 35.8 Å². The Morgan fingerprint density at radius 1 is 0.867 bits per heavy atom. The van der Waals surface area contributed by atoms with Crippen LogP contribution >= 0.6 is 0 Å². The molecule has 2 aromatic rings. The topological polar surface area (TPSA) is 107 Å². The Morgan fingerprint density at radius 3 is 1.80 bits per heavy atom. The van der Waals surface area contributed by atoms with Crippen LogP contribution in [0.3, 0.4) is 0 Å². The van der Waals surface area contributed by atoms with E-state index < -0.39 is 34.4 Å². The van der Waals surface area contributed by atoms with Gasteiger partial charge in [-0.15, -0.1) is 0 Å². The van der Waals surface area contributed by atoms with Crippen molar-refractivity contribution < 1.29 is 32.0 Å². The maximum Gasteiger partial charge on any atom is 0.343 e. The van der Waals surface area contributed by atoms with Crippen LogP contribution in [0.5, 0.6) is 5.75 Å². The van der Waals surface area contributed by atoms with Crippen molar-refractivity contribution in [2.45, 2.75) is 19.0 Å². The van der Waals surface area contributed by atoms with Gasteiger partial charge in [0.2, 0.25) is 0 Å². The molecule has 1 N–H and O–H groups in total. The first-order valence-corrected chi connectivity index (χ1v) is 10.5. The lowest BCUT2D eigenvalue weighted by Crippen LogP contribution is -2.15. The lowest BCUT2D eigenvalue weighted by Gasteiger charge is -2.15. The molecule has 0 amide bonds. The third kappa shape index (κ3) is 6.50. The number of carbonyl (C=O) groups excluding carboxylic acids is 2. The molecule has 11 heteroatoms. The van der Waals surface area contributed by atoms with Crippen molar-refractivity contribution in [3.63, 3.8) is 0 Å². The number of hydrogen-bond acceptors (Lipinski definition) is 6. The fourth-order valence-electron chi connectivity index (χ4n) is 2.60. The molecule has 0 saturated carbocycles. The molecule has 2 aromatic carbocycles. The van der Waals surface area contributed by atoms with Crippen molar-refractivity contribution in [3.8, 4) is 5.75 Å². The maximum absolute atomic E-state index is 12.5. The van der Waals surface area contributed by atoms with E-state index in [9.17, 15) is 18.0 Å². The summed E-state index contributed by atoms with van der Waals surface area (Å²) in [6.45, 7) is -0.496. The first-order chi connectivity index (χ1) is 14.2. The summed E-state index contributed by atoms with van der Waals surface area (Å²) in [7, 11) is 12.9. The summed E-state index contributed by atoms with van der Waals surface area (Å²) in [6, 6.07) is 8.87. The fourth-order valence-corrected chi connectivity index (χ4v) is 2.89. The number of hydrogen-bond donors (Lipinski definition) is 1. The van der Waals surface area contributed by atoms with Gasteiger partial charge in [0.1, 0.15) is 18.1 Å². The first kappa shape index (κ1) is 23.8. The number of benzene rings is 2. The summed E-state index contributed by atoms with van der Waals surface area (Å²) in [6.07, 6.45) is 0.533. The average molecular weight is 422 g/mol. The first-order valence-electron chi connectivity index (χ1n) is 8.88. The van der Waals surface area contributed by atoms with Crippen LogP contribution in [0, 0.1) is 0 Å². The van der Waals surface area contributed by atoms with Gasteiger partial charge in [-0.3, -0.25) is 4.55 Å².